The minimum atomic E-state index is -0.784. The zero-order valence-corrected chi connectivity index (χ0v) is 36.4. The van der Waals surface area contributed by atoms with E-state index in [1.54, 1.807) is 0 Å². The second kappa shape index (κ2) is 42.7. The monoisotopic (exact) mass is 764 g/mol. The maximum absolute atomic E-state index is 13.1. The van der Waals surface area contributed by atoms with Crippen LogP contribution in [0.5, 0.6) is 0 Å². The van der Waals surface area contributed by atoms with Crippen LogP contribution in [0.4, 0.5) is 0 Å². The second-order valence-electron chi connectivity index (χ2n) is 16.5. The van der Waals surface area contributed by atoms with E-state index < -0.39 is 18.2 Å². The molecule has 0 fully saturated rings. The fourth-order valence-corrected chi connectivity index (χ4v) is 7.43. The van der Waals surface area contributed by atoms with Crippen molar-refractivity contribution in [2.75, 3.05) is 6.61 Å². The number of carbonyl (C=O) groups is 2. The Morgan fingerprint density at radius 2 is 0.926 bits per heavy atom. The number of esters is 1. The number of amides is 1. The summed E-state index contributed by atoms with van der Waals surface area (Å²) in [4.78, 5) is 25.9. The number of rotatable bonds is 43. The molecule has 0 heterocycles. The first-order chi connectivity index (χ1) is 26.5. The van der Waals surface area contributed by atoms with Crippen LogP contribution in [0, 0.1) is 0 Å². The summed E-state index contributed by atoms with van der Waals surface area (Å²) in [6, 6.07) is -0.698. The number of unbranched alkanes of at least 4 members (excludes halogenated alkanes) is 29. The van der Waals surface area contributed by atoms with E-state index >= 15 is 0 Å². The van der Waals surface area contributed by atoms with Crippen molar-refractivity contribution in [3.05, 3.63) is 12.2 Å². The molecule has 0 aliphatic carbocycles. The summed E-state index contributed by atoms with van der Waals surface area (Å²) >= 11 is 0. The molecule has 0 aromatic heterocycles. The number of nitrogens with one attached hydrogen (secondary N) is 1. The molecule has 3 unspecified atom stereocenters. The van der Waals surface area contributed by atoms with Crippen molar-refractivity contribution in [2.24, 2.45) is 0 Å². The van der Waals surface area contributed by atoms with E-state index in [4.69, 9.17) is 4.74 Å². The van der Waals surface area contributed by atoms with Gasteiger partial charge in [0.05, 0.1) is 25.2 Å². The standard InChI is InChI=1S/C48H93NO5/c1-4-7-10-13-16-19-21-22-23-24-25-26-27-28-31-34-37-40-46(51)45(43-50)49-47(52)42-44(39-36-33-30-18-15-12-9-6-3)54-48(53)41-38-35-32-29-20-17-14-11-8-5-2/h12,15,44-46,50-51H,4-11,13-14,16-43H2,1-3H3,(H,49,52)/b15-12-. The quantitative estimate of drug-likeness (QED) is 0.0326. The molecule has 0 saturated heterocycles. The maximum Gasteiger partial charge on any atom is 0.306 e. The number of carbonyl (C=O) groups excluding carboxylic acids is 2. The Hall–Kier alpha value is -1.40. The molecular formula is C48H93NO5. The van der Waals surface area contributed by atoms with Crippen molar-refractivity contribution in [3.8, 4) is 0 Å². The molecule has 54 heavy (non-hydrogen) atoms. The van der Waals surface area contributed by atoms with Gasteiger partial charge < -0.3 is 20.3 Å². The topological polar surface area (TPSA) is 95.9 Å². The molecule has 0 aromatic carbocycles. The SMILES string of the molecule is CCC/C=C\CCCCCC(CC(=O)NC(CO)C(O)CCCCCCCCCCCCCCCCCCC)OC(=O)CCCCCCCCCCCC. The van der Waals surface area contributed by atoms with E-state index in [1.165, 1.54) is 148 Å². The van der Waals surface area contributed by atoms with Crippen molar-refractivity contribution in [2.45, 2.75) is 277 Å². The first-order valence-corrected chi connectivity index (χ1v) is 23.9. The number of hydrogen-bond acceptors (Lipinski definition) is 5. The van der Waals surface area contributed by atoms with Crippen LogP contribution in [-0.4, -0.2) is 46.9 Å². The van der Waals surface area contributed by atoms with Crippen molar-refractivity contribution in [3.63, 3.8) is 0 Å². The molecular weight excluding hydrogens is 671 g/mol. The summed E-state index contributed by atoms with van der Waals surface area (Å²) in [5.41, 5.74) is 0. The second-order valence-corrected chi connectivity index (χ2v) is 16.5. The predicted molar refractivity (Wildman–Crippen MR) is 232 cm³/mol. The van der Waals surface area contributed by atoms with Gasteiger partial charge in [-0.05, 0) is 44.9 Å². The summed E-state index contributed by atoms with van der Waals surface area (Å²) in [6.07, 6.45) is 45.7. The number of aliphatic hydroxyl groups excluding tert-OH is 2. The zero-order chi connectivity index (χ0) is 39.6. The van der Waals surface area contributed by atoms with Gasteiger partial charge in [0.15, 0.2) is 0 Å². The molecule has 320 valence electrons. The van der Waals surface area contributed by atoms with E-state index in [9.17, 15) is 19.8 Å². The Morgan fingerprint density at radius 1 is 0.519 bits per heavy atom. The third-order valence-corrected chi connectivity index (χ3v) is 11.1. The summed E-state index contributed by atoms with van der Waals surface area (Å²) in [5.74, 6) is -0.484. The highest BCUT2D eigenvalue weighted by Crippen LogP contribution is 2.18. The Kier molecular flexibility index (Phi) is 41.6. The van der Waals surface area contributed by atoms with Gasteiger partial charge in [0.1, 0.15) is 6.10 Å². The highest BCUT2D eigenvalue weighted by atomic mass is 16.5. The summed E-state index contributed by atoms with van der Waals surface area (Å²) in [6.45, 7) is 6.41. The molecule has 6 nitrogen and oxygen atoms in total. The lowest BCUT2D eigenvalue weighted by atomic mass is 10.0. The molecule has 0 bridgehead atoms. The van der Waals surface area contributed by atoms with Crippen LogP contribution in [0.1, 0.15) is 258 Å². The lowest BCUT2D eigenvalue weighted by Crippen LogP contribution is -2.46. The molecule has 0 rings (SSSR count). The van der Waals surface area contributed by atoms with E-state index in [0.717, 1.165) is 64.2 Å². The van der Waals surface area contributed by atoms with Crippen LogP contribution >= 0.6 is 0 Å². The Bertz CT molecular complexity index is 817. The van der Waals surface area contributed by atoms with Crippen LogP contribution in [0.25, 0.3) is 0 Å². The Balaban J connectivity index is 4.36. The van der Waals surface area contributed by atoms with Gasteiger partial charge in [-0.15, -0.1) is 0 Å². The molecule has 1 amide bonds. The average Bonchev–Trinajstić information content (AvgIpc) is 3.16. The van der Waals surface area contributed by atoms with Crippen LogP contribution in [0.2, 0.25) is 0 Å². The number of hydrogen-bond donors (Lipinski definition) is 3. The van der Waals surface area contributed by atoms with Crippen molar-refractivity contribution in [1.29, 1.82) is 0 Å². The molecule has 0 aliphatic heterocycles. The number of aliphatic hydroxyl groups is 2. The van der Waals surface area contributed by atoms with Crippen LogP contribution in [0.3, 0.4) is 0 Å². The minimum absolute atomic E-state index is 0.0719. The van der Waals surface area contributed by atoms with Gasteiger partial charge in [0.25, 0.3) is 0 Å². The van der Waals surface area contributed by atoms with E-state index in [-0.39, 0.29) is 24.9 Å². The number of allylic oxidation sites excluding steroid dienone is 2. The van der Waals surface area contributed by atoms with Gasteiger partial charge in [0.2, 0.25) is 5.91 Å². The molecule has 0 aromatic rings. The lowest BCUT2D eigenvalue weighted by molar-refractivity contribution is -0.151. The third-order valence-electron chi connectivity index (χ3n) is 11.1. The van der Waals surface area contributed by atoms with Gasteiger partial charge in [-0.25, -0.2) is 0 Å². The fourth-order valence-electron chi connectivity index (χ4n) is 7.43. The van der Waals surface area contributed by atoms with Crippen LogP contribution in [-0.2, 0) is 14.3 Å². The Morgan fingerprint density at radius 3 is 1.39 bits per heavy atom. The first-order valence-electron chi connectivity index (χ1n) is 23.9. The smallest absolute Gasteiger partial charge is 0.306 e. The number of ether oxygens (including phenoxy) is 1. The molecule has 3 N–H and O–H groups in total. The molecule has 6 heteroatoms. The van der Waals surface area contributed by atoms with E-state index in [1.807, 2.05) is 0 Å². The minimum Gasteiger partial charge on any atom is -0.462 e. The van der Waals surface area contributed by atoms with Gasteiger partial charge in [-0.2, -0.15) is 0 Å². The summed E-state index contributed by atoms with van der Waals surface area (Å²) in [5, 5.41) is 23.7. The summed E-state index contributed by atoms with van der Waals surface area (Å²) in [7, 11) is 0. The third kappa shape index (κ3) is 37.5. The zero-order valence-electron chi connectivity index (χ0n) is 36.4. The average molecular weight is 764 g/mol. The van der Waals surface area contributed by atoms with Crippen molar-refractivity contribution in [1.82, 2.24) is 5.32 Å². The van der Waals surface area contributed by atoms with Crippen LogP contribution < -0.4 is 5.32 Å². The first kappa shape index (κ1) is 52.6. The summed E-state index contributed by atoms with van der Waals surface area (Å²) < 4.78 is 5.87. The maximum atomic E-state index is 13.1. The van der Waals surface area contributed by atoms with Crippen LogP contribution in [0.15, 0.2) is 12.2 Å². The van der Waals surface area contributed by atoms with Gasteiger partial charge >= 0.3 is 5.97 Å². The van der Waals surface area contributed by atoms with E-state index in [0.29, 0.717) is 19.3 Å². The van der Waals surface area contributed by atoms with Gasteiger partial charge in [-0.1, -0.05) is 213 Å². The molecule has 3 atom stereocenters. The fraction of sp³-hybridized carbons (Fsp3) is 0.917. The van der Waals surface area contributed by atoms with Gasteiger partial charge in [0, 0.05) is 6.42 Å². The molecule has 0 radical (unpaired) electrons. The predicted octanol–water partition coefficient (Wildman–Crippen LogP) is 13.8. The van der Waals surface area contributed by atoms with Gasteiger partial charge in [-0.3, -0.25) is 9.59 Å². The molecule has 0 aliphatic rings. The highest BCUT2D eigenvalue weighted by Gasteiger charge is 2.24. The van der Waals surface area contributed by atoms with Crippen molar-refractivity contribution >= 4 is 11.9 Å². The largest absolute Gasteiger partial charge is 0.462 e. The highest BCUT2D eigenvalue weighted by molar-refractivity contribution is 5.77. The van der Waals surface area contributed by atoms with E-state index in [2.05, 4.69) is 38.2 Å². The molecule has 0 spiro atoms. The van der Waals surface area contributed by atoms with Crippen molar-refractivity contribution < 1.29 is 24.5 Å². The lowest BCUT2D eigenvalue weighted by Gasteiger charge is -2.24. The molecule has 0 saturated carbocycles. The Labute approximate surface area is 336 Å². The normalized spacial score (nSPS) is 13.4.